The maximum Gasteiger partial charge on any atom is 0.303 e. The van der Waals surface area contributed by atoms with Crippen LogP contribution in [0.25, 0.3) is 0 Å². The second kappa shape index (κ2) is 7.76. The van der Waals surface area contributed by atoms with E-state index in [2.05, 4.69) is 0 Å². The number of benzene rings is 1. The number of nitrogens with zero attached hydrogens (tertiary/aromatic N) is 1. The predicted octanol–water partition coefficient (Wildman–Crippen LogP) is 2.69. The maximum absolute atomic E-state index is 13.0. The normalized spacial score (nSPS) is 15.8. The quantitative estimate of drug-likeness (QED) is 0.854. The highest BCUT2D eigenvalue weighted by molar-refractivity contribution is 5.87. The van der Waals surface area contributed by atoms with E-state index in [1.165, 1.54) is 0 Å². The highest BCUT2D eigenvalue weighted by Gasteiger charge is 2.36. The first-order valence-corrected chi connectivity index (χ1v) is 8.53. The molecule has 0 aliphatic carbocycles. The molecule has 6 nitrogen and oxygen atoms in total. The number of carbonyl (C=O) groups is 2. The summed E-state index contributed by atoms with van der Waals surface area (Å²) in [4.78, 5) is 25.7. The van der Waals surface area contributed by atoms with E-state index >= 15 is 0 Å². The molecule has 1 aliphatic heterocycles. The lowest BCUT2D eigenvalue weighted by Crippen LogP contribution is -2.47. The van der Waals surface area contributed by atoms with E-state index < -0.39 is 11.4 Å². The molecule has 6 heteroatoms. The molecule has 0 unspecified atom stereocenters. The summed E-state index contributed by atoms with van der Waals surface area (Å²) < 4.78 is 10.6. The molecule has 1 aromatic rings. The summed E-state index contributed by atoms with van der Waals surface area (Å²) in [6, 6.07) is 5.53. The van der Waals surface area contributed by atoms with Gasteiger partial charge in [0.05, 0.1) is 19.6 Å². The molecule has 1 N–H and O–H groups in total. The van der Waals surface area contributed by atoms with Crippen molar-refractivity contribution in [1.29, 1.82) is 0 Å². The minimum absolute atomic E-state index is 0.0495. The predicted molar refractivity (Wildman–Crippen MR) is 94.1 cm³/mol. The summed E-state index contributed by atoms with van der Waals surface area (Å²) in [5.41, 5.74) is 0.168. The molecule has 1 fully saturated rings. The summed E-state index contributed by atoms with van der Waals surface area (Å²) in [5, 5.41) is 8.91. The Balaban J connectivity index is 2.11. The number of aliphatic carboxylic acids is 1. The van der Waals surface area contributed by atoms with Crippen LogP contribution in [0.3, 0.4) is 0 Å². The van der Waals surface area contributed by atoms with Crippen molar-refractivity contribution in [2.24, 2.45) is 5.92 Å². The lowest BCUT2D eigenvalue weighted by atomic mass is 9.82. The van der Waals surface area contributed by atoms with E-state index in [-0.39, 0.29) is 18.2 Å². The van der Waals surface area contributed by atoms with E-state index in [4.69, 9.17) is 14.6 Å². The average Bonchev–Trinajstić information content (AvgIpc) is 2.60. The van der Waals surface area contributed by atoms with Crippen LogP contribution in [0.4, 0.5) is 0 Å². The van der Waals surface area contributed by atoms with Crippen LogP contribution in [0.15, 0.2) is 18.2 Å². The molecule has 1 aliphatic rings. The molecule has 138 valence electrons. The van der Waals surface area contributed by atoms with Gasteiger partial charge >= 0.3 is 5.97 Å². The first kappa shape index (κ1) is 19.1. The Morgan fingerprint density at radius 3 is 2.28 bits per heavy atom. The monoisotopic (exact) mass is 349 g/mol. The van der Waals surface area contributed by atoms with Crippen LogP contribution in [-0.4, -0.2) is 49.2 Å². The van der Waals surface area contributed by atoms with Gasteiger partial charge in [-0.25, -0.2) is 0 Å². The molecule has 0 atom stereocenters. The van der Waals surface area contributed by atoms with Gasteiger partial charge in [-0.3, -0.25) is 9.59 Å². The van der Waals surface area contributed by atoms with E-state index in [1.54, 1.807) is 14.2 Å². The maximum atomic E-state index is 13.0. The number of carboxylic acids is 1. The van der Waals surface area contributed by atoms with Gasteiger partial charge in [-0.15, -0.1) is 0 Å². The van der Waals surface area contributed by atoms with Crippen molar-refractivity contribution < 1.29 is 24.2 Å². The Hall–Kier alpha value is -2.24. The van der Waals surface area contributed by atoms with Crippen molar-refractivity contribution in [1.82, 2.24) is 4.90 Å². The third-order valence-corrected chi connectivity index (χ3v) is 5.00. The fourth-order valence-corrected chi connectivity index (χ4v) is 3.33. The van der Waals surface area contributed by atoms with Crippen molar-refractivity contribution >= 4 is 11.9 Å². The number of ether oxygens (including phenoxy) is 2. The van der Waals surface area contributed by atoms with E-state index in [0.717, 1.165) is 18.4 Å². The van der Waals surface area contributed by atoms with E-state index in [1.807, 2.05) is 36.9 Å². The van der Waals surface area contributed by atoms with Crippen LogP contribution in [-0.2, 0) is 15.0 Å². The standard InChI is InChI=1S/C19H27NO5/c1-19(2,14-5-6-15(24-3)16(12-14)25-4)18(23)20-9-7-13(8-10-20)11-17(21)22/h5-6,12-13H,7-11H2,1-4H3,(H,21,22). The topological polar surface area (TPSA) is 76.1 Å². The van der Waals surface area contributed by atoms with Gasteiger partial charge in [-0.1, -0.05) is 6.07 Å². The zero-order valence-electron chi connectivity index (χ0n) is 15.4. The Bertz CT molecular complexity index is 633. The third kappa shape index (κ3) is 4.24. The molecule has 0 radical (unpaired) electrons. The molecular formula is C19H27NO5. The summed E-state index contributed by atoms with van der Waals surface area (Å²) in [6.45, 7) is 5.01. The number of amides is 1. The van der Waals surface area contributed by atoms with Crippen LogP contribution in [0.1, 0.15) is 38.7 Å². The Morgan fingerprint density at radius 2 is 1.76 bits per heavy atom. The summed E-state index contributed by atoms with van der Waals surface area (Å²) in [5.74, 6) is 0.666. The number of rotatable bonds is 6. The van der Waals surface area contributed by atoms with Gasteiger partial charge < -0.3 is 19.5 Å². The second-order valence-corrected chi connectivity index (χ2v) is 7.03. The zero-order chi connectivity index (χ0) is 18.6. The van der Waals surface area contributed by atoms with Crippen LogP contribution in [0.2, 0.25) is 0 Å². The number of carboxylic acid groups (broad SMARTS) is 1. The molecule has 2 rings (SSSR count). The van der Waals surface area contributed by atoms with Crippen molar-refractivity contribution in [2.45, 2.75) is 38.5 Å². The summed E-state index contributed by atoms with van der Waals surface area (Å²) in [6.07, 6.45) is 1.65. The molecule has 0 spiro atoms. The van der Waals surface area contributed by atoms with Gasteiger partial charge in [-0.2, -0.15) is 0 Å². The first-order chi connectivity index (χ1) is 11.8. The van der Waals surface area contributed by atoms with Gasteiger partial charge in [-0.05, 0) is 50.3 Å². The summed E-state index contributed by atoms with van der Waals surface area (Å²) in [7, 11) is 3.15. The Morgan fingerprint density at radius 1 is 1.16 bits per heavy atom. The molecule has 1 aromatic carbocycles. The molecular weight excluding hydrogens is 322 g/mol. The first-order valence-electron chi connectivity index (χ1n) is 8.53. The highest BCUT2D eigenvalue weighted by Crippen LogP contribution is 2.35. The number of hydrogen-bond donors (Lipinski definition) is 1. The van der Waals surface area contributed by atoms with Crippen molar-refractivity contribution in [3.63, 3.8) is 0 Å². The van der Waals surface area contributed by atoms with E-state index in [0.29, 0.717) is 24.6 Å². The van der Waals surface area contributed by atoms with Crippen molar-refractivity contribution in [3.8, 4) is 11.5 Å². The minimum Gasteiger partial charge on any atom is -0.493 e. The lowest BCUT2D eigenvalue weighted by Gasteiger charge is -2.37. The fraction of sp³-hybridized carbons (Fsp3) is 0.579. The molecule has 0 aromatic heterocycles. The molecule has 1 amide bonds. The average molecular weight is 349 g/mol. The highest BCUT2D eigenvalue weighted by atomic mass is 16.5. The number of carbonyl (C=O) groups excluding carboxylic acids is 1. The van der Waals surface area contributed by atoms with Gasteiger partial charge in [0.15, 0.2) is 11.5 Å². The summed E-state index contributed by atoms with van der Waals surface area (Å²) >= 11 is 0. The zero-order valence-corrected chi connectivity index (χ0v) is 15.4. The van der Waals surface area contributed by atoms with Crippen molar-refractivity contribution in [3.05, 3.63) is 23.8 Å². The van der Waals surface area contributed by atoms with Gasteiger partial charge in [0.2, 0.25) is 5.91 Å². The van der Waals surface area contributed by atoms with Crippen LogP contribution in [0, 0.1) is 5.92 Å². The number of methoxy groups -OCH3 is 2. The molecule has 25 heavy (non-hydrogen) atoms. The van der Waals surface area contributed by atoms with Crippen molar-refractivity contribution in [2.75, 3.05) is 27.3 Å². The number of hydrogen-bond acceptors (Lipinski definition) is 4. The Kier molecular flexibility index (Phi) is 5.93. The SMILES string of the molecule is COc1ccc(C(C)(C)C(=O)N2CCC(CC(=O)O)CC2)cc1OC. The van der Waals surface area contributed by atoms with E-state index in [9.17, 15) is 9.59 Å². The van der Waals surface area contributed by atoms with Gasteiger partial charge in [0.25, 0.3) is 0 Å². The van der Waals surface area contributed by atoms with Gasteiger partial charge in [0, 0.05) is 19.5 Å². The lowest BCUT2D eigenvalue weighted by molar-refractivity contribution is -0.139. The number of likely N-dealkylation sites (tertiary alicyclic amines) is 1. The smallest absolute Gasteiger partial charge is 0.303 e. The van der Waals surface area contributed by atoms with Crippen LogP contribution in [0.5, 0.6) is 11.5 Å². The third-order valence-electron chi connectivity index (χ3n) is 5.00. The second-order valence-electron chi connectivity index (χ2n) is 7.03. The van der Waals surface area contributed by atoms with Crippen LogP contribution >= 0.6 is 0 Å². The fourth-order valence-electron chi connectivity index (χ4n) is 3.33. The van der Waals surface area contributed by atoms with Crippen LogP contribution < -0.4 is 9.47 Å². The Labute approximate surface area is 148 Å². The molecule has 0 bridgehead atoms. The number of piperidine rings is 1. The minimum atomic E-state index is -0.768. The molecule has 1 saturated heterocycles. The molecule has 0 saturated carbocycles. The largest absolute Gasteiger partial charge is 0.493 e. The molecule has 1 heterocycles. The van der Waals surface area contributed by atoms with Gasteiger partial charge in [0.1, 0.15) is 0 Å².